The number of hydrogen-bond acceptors (Lipinski definition) is 6. The molecule has 3 rings (SSSR count). The normalized spacial score (nSPS) is 13.8. The van der Waals surface area contributed by atoms with E-state index in [4.69, 9.17) is 14.2 Å². The third-order valence-electron chi connectivity index (χ3n) is 5.06. The van der Waals surface area contributed by atoms with Gasteiger partial charge in [0.25, 0.3) is 5.91 Å². The molecule has 1 aliphatic rings. The Morgan fingerprint density at radius 3 is 2.38 bits per heavy atom. The van der Waals surface area contributed by atoms with Crippen LogP contribution < -0.4 is 10.1 Å². The van der Waals surface area contributed by atoms with Crippen molar-refractivity contribution in [2.45, 2.75) is 32.4 Å². The number of hydrogen-bond donors (Lipinski definition) is 1. The summed E-state index contributed by atoms with van der Waals surface area (Å²) >= 11 is 0. The van der Waals surface area contributed by atoms with Gasteiger partial charge < -0.3 is 24.4 Å². The van der Waals surface area contributed by atoms with Crippen LogP contribution in [0.4, 0.5) is 4.79 Å². The number of nitrogens with zero attached hydrogens (tertiary/aromatic N) is 1. The number of rotatable bonds is 8. The molecule has 1 aliphatic heterocycles. The molecule has 2 aromatic rings. The highest BCUT2D eigenvalue weighted by Gasteiger charge is 2.25. The summed E-state index contributed by atoms with van der Waals surface area (Å²) in [6.45, 7) is 3.05. The number of carbonyl (C=O) groups is 3. The van der Waals surface area contributed by atoms with E-state index in [1.807, 2.05) is 30.3 Å². The van der Waals surface area contributed by atoms with Crippen LogP contribution >= 0.6 is 0 Å². The SMILES string of the molecule is CCOC(=O)N1CCC(NC(=O)COC(=O)c2ccccc2OCc2ccccc2)CC1. The van der Waals surface area contributed by atoms with Crippen LogP contribution in [0.3, 0.4) is 0 Å². The van der Waals surface area contributed by atoms with Crippen molar-refractivity contribution in [1.82, 2.24) is 10.2 Å². The van der Waals surface area contributed by atoms with E-state index in [-0.39, 0.29) is 30.2 Å². The molecule has 8 heteroatoms. The van der Waals surface area contributed by atoms with Crippen LogP contribution in [0.2, 0.25) is 0 Å². The summed E-state index contributed by atoms with van der Waals surface area (Å²) < 4.78 is 16.0. The maximum atomic E-state index is 12.5. The highest BCUT2D eigenvalue weighted by atomic mass is 16.6. The van der Waals surface area contributed by atoms with E-state index in [1.54, 1.807) is 36.1 Å². The van der Waals surface area contributed by atoms with E-state index in [0.717, 1.165) is 5.56 Å². The second-order valence-electron chi connectivity index (χ2n) is 7.37. The number of carbonyl (C=O) groups excluding carboxylic acids is 3. The number of ether oxygens (including phenoxy) is 3. The van der Waals surface area contributed by atoms with Crippen molar-refractivity contribution in [3.63, 3.8) is 0 Å². The molecule has 1 N–H and O–H groups in total. The molecule has 0 bridgehead atoms. The Morgan fingerprint density at radius 1 is 0.969 bits per heavy atom. The maximum Gasteiger partial charge on any atom is 0.409 e. The first-order valence-corrected chi connectivity index (χ1v) is 10.7. The monoisotopic (exact) mass is 440 g/mol. The van der Waals surface area contributed by atoms with Crippen LogP contribution in [0.5, 0.6) is 5.75 Å². The summed E-state index contributed by atoms with van der Waals surface area (Å²) in [7, 11) is 0. The zero-order valence-electron chi connectivity index (χ0n) is 18.1. The molecule has 0 saturated carbocycles. The minimum atomic E-state index is -0.624. The van der Waals surface area contributed by atoms with Crippen molar-refractivity contribution in [3.8, 4) is 5.75 Å². The number of esters is 1. The Bertz CT molecular complexity index is 910. The highest BCUT2D eigenvalue weighted by Crippen LogP contribution is 2.20. The van der Waals surface area contributed by atoms with Gasteiger partial charge in [-0.3, -0.25) is 4.79 Å². The zero-order valence-corrected chi connectivity index (χ0v) is 18.1. The summed E-state index contributed by atoms with van der Waals surface area (Å²) in [5.41, 5.74) is 1.24. The summed E-state index contributed by atoms with van der Waals surface area (Å²) in [6.07, 6.45) is 0.905. The molecule has 0 atom stereocenters. The third-order valence-corrected chi connectivity index (χ3v) is 5.06. The molecular formula is C24H28N2O6. The van der Waals surface area contributed by atoms with E-state index in [0.29, 0.717) is 44.9 Å². The zero-order chi connectivity index (χ0) is 22.8. The van der Waals surface area contributed by atoms with Gasteiger partial charge in [0.15, 0.2) is 6.61 Å². The van der Waals surface area contributed by atoms with Crippen molar-refractivity contribution in [2.24, 2.45) is 0 Å². The van der Waals surface area contributed by atoms with Crippen LogP contribution in [0.25, 0.3) is 0 Å². The first-order valence-electron chi connectivity index (χ1n) is 10.7. The number of benzene rings is 2. The Kier molecular flexibility index (Phi) is 8.48. The minimum absolute atomic E-state index is 0.0756. The van der Waals surface area contributed by atoms with Gasteiger partial charge in [-0.2, -0.15) is 0 Å². The lowest BCUT2D eigenvalue weighted by Gasteiger charge is -2.31. The van der Waals surface area contributed by atoms with Crippen LogP contribution in [0.1, 0.15) is 35.7 Å². The smallest absolute Gasteiger partial charge is 0.409 e. The van der Waals surface area contributed by atoms with Gasteiger partial charge in [-0.1, -0.05) is 42.5 Å². The third kappa shape index (κ3) is 6.73. The summed E-state index contributed by atoms with van der Waals surface area (Å²) in [4.78, 5) is 38.1. The van der Waals surface area contributed by atoms with Gasteiger partial charge in [0.2, 0.25) is 0 Å². The largest absolute Gasteiger partial charge is 0.488 e. The predicted octanol–water partition coefficient (Wildman–Crippen LogP) is 3.16. The molecule has 2 amide bonds. The van der Waals surface area contributed by atoms with Gasteiger partial charge in [0.1, 0.15) is 17.9 Å². The molecule has 0 aliphatic carbocycles. The summed E-state index contributed by atoms with van der Waals surface area (Å²) in [6, 6.07) is 16.3. The van der Waals surface area contributed by atoms with Crippen molar-refractivity contribution >= 4 is 18.0 Å². The van der Waals surface area contributed by atoms with E-state index >= 15 is 0 Å². The van der Waals surface area contributed by atoms with Gasteiger partial charge in [-0.25, -0.2) is 9.59 Å². The molecule has 170 valence electrons. The Labute approximate surface area is 187 Å². The Balaban J connectivity index is 1.44. The quantitative estimate of drug-likeness (QED) is 0.634. The molecule has 1 heterocycles. The standard InChI is InChI=1S/C24H28N2O6/c1-2-30-24(29)26-14-12-19(13-15-26)25-22(27)17-32-23(28)20-10-6-7-11-21(20)31-16-18-8-4-3-5-9-18/h3-11,19H,2,12-17H2,1H3,(H,25,27). The average molecular weight is 440 g/mol. The lowest BCUT2D eigenvalue weighted by atomic mass is 10.1. The van der Waals surface area contributed by atoms with Crippen LogP contribution in [0.15, 0.2) is 54.6 Å². The fourth-order valence-electron chi connectivity index (χ4n) is 3.40. The van der Waals surface area contributed by atoms with Crippen LogP contribution in [-0.2, 0) is 20.9 Å². The van der Waals surface area contributed by atoms with Crippen LogP contribution in [0, 0.1) is 0 Å². The second kappa shape index (κ2) is 11.7. The molecule has 0 aromatic heterocycles. The first kappa shape index (κ1) is 23.1. The molecule has 8 nitrogen and oxygen atoms in total. The van der Waals surface area contributed by atoms with E-state index in [9.17, 15) is 14.4 Å². The topological polar surface area (TPSA) is 94.2 Å². The number of nitrogens with one attached hydrogen (secondary N) is 1. The van der Waals surface area contributed by atoms with Gasteiger partial charge in [0.05, 0.1) is 6.61 Å². The van der Waals surface area contributed by atoms with Crippen molar-refractivity contribution < 1.29 is 28.6 Å². The molecule has 1 fully saturated rings. The number of piperidine rings is 1. The minimum Gasteiger partial charge on any atom is -0.488 e. The molecule has 1 saturated heterocycles. The number of likely N-dealkylation sites (tertiary alicyclic amines) is 1. The average Bonchev–Trinajstić information content (AvgIpc) is 2.82. The molecule has 0 radical (unpaired) electrons. The lowest BCUT2D eigenvalue weighted by molar-refractivity contribution is -0.125. The van der Waals surface area contributed by atoms with Crippen molar-refractivity contribution in [1.29, 1.82) is 0 Å². The lowest BCUT2D eigenvalue weighted by Crippen LogP contribution is -2.47. The molecular weight excluding hydrogens is 412 g/mol. The second-order valence-corrected chi connectivity index (χ2v) is 7.37. The Hall–Kier alpha value is -3.55. The molecule has 0 spiro atoms. The van der Waals surface area contributed by atoms with E-state index in [2.05, 4.69) is 5.32 Å². The van der Waals surface area contributed by atoms with Crippen molar-refractivity contribution in [2.75, 3.05) is 26.3 Å². The van der Waals surface area contributed by atoms with Gasteiger partial charge in [-0.05, 0) is 37.5 Å². The number of amides is 2. The fraction of sp³-hybridized carbons (Fsp3) is 0.375. The van der Waals surface area contributed by atoms with Gasteiger partial charge >= 0.3 is 12.1 Å². The molecule has 32 heavy (non-hydrogen) atoms. The molecule has 2 aromatic carbocycles. The highest BCUT2D eigenvalue weighted by molar-refractivity contribution is 5.94. The summed E-state index contributed by atoms with van der Waals surface area (Å²) in [5, 5.41) is 2.85. The predicted molar refractivity (Wildman–Crippen MR) is 117 cm³/mol. The Morgan fingerprint density at radius 2 is 1.66 bits per heavy atom. The van der Waals surface area contributed by atoms with Gasteiger partial charge in [0, 0.05) is 19.1 Å². The van der Waals surface area contributed by atoms with Crippen molar-refractivity contribution in [3.05, 3.63) is 65.7 Å². The number of para-hydroxylation sites is 1. The van der Waals surface area contributed by atoms with E-state index < -0.39 is 5.97 Å². The fourth-order valence-corrected chi connectivity index (χ4v) is 3.40. The van der Waals surface area contributed by atoms with E-state index in [1.165, 1.54) is 0 Å². The van der Waals surface area contributed by atoms with Gasteiger partial charge in [-0.15, -0.1) is 0 Å². The maximum absolute atomic E-state index is 12.5. The van der Waals surface area contributed by atoms with Crippen LogP contribution in [-0.4, -0.2) is 55.2 Å². The first-order chi connectivity index (χ1) is 15.6. The summed E-state index contributed by atoms with van der Waals surface area (Å²) in [5.74, 6) is -0.607. The molecule has 0 unspecified atom stereocenters.